The Kier molecular flexibility index (Phi) is 70.6. The summed E-state index contributed by atoms with van der Waals surface area (Å²) in [6.45, 7) is 14.2. The van der Waals surface area contributed by atoms with Gasteiger partial charge in [-0.3, -0.25) is 37.3 Å². The number of carbonyl (C=O) groups is 4. The van der Waals surface area contributed by atoms with E-state index in [4.69, 9.17) is 37.0 Å². The van der Waals surface area contributed by atoms with Crippen molar-refractivity contribution in [2.75, 3.05) is 39.6 Å². The highest BCUT2D eigenvalue weighted by Crippen LogP contribution is 2.45. The quantitative estimate of drug-likeness (QED) is 0.0222. The van der Waals surface area contributed by atoms with Gasteiger partial charge < -0.3 is 33.8 Å². The fraction of sp³-hybridized carbons (Fsp3) is 0.952. The van der Waals surface area contributed by atoms with Crippen LogP contribution in [0.1, 0.15) is 428 Å². The van der Waals surface area contributed by atoms with Crippen LogP contribution in [0.15, 0.2) is 0 Å². The predicted octanol–water partition coefficient (Wildman–Crippen LogP) is 24.8. The molecule has 0 fully saturated rings. The Morgan fingerprint density at radius 2 is 0.412 bits per heavy atom. The normalized spacial score (nSPS) is 14.0. The van der Waals surface area contributed by atoms with Gasteiger partial charge in [-0.15, -0.1) is 0 Å². The molecule has 2 unspecified atom stereocenters. The number of hydrogen-bond donors (Lipinski definition) is 3. The molecule has 0 aliphatic rings. The second kappa shape index (κ2) is 72.0. The Morgan fingerprint density at radius 1 is 0.245 bits per heavy atom. The lowest BCUT2D eigenvalue weighted by molar-refractivity contribution is -0.161. The van der Waals surface area contributed by atoms with E-state index in [2.05, 4.69) is 55.4 Å². The highest BCUT2D eigenvalue weighted by Gasteiger charge is 2.30. The molecular weight excluding hydrogens is 1330 g/mol. The van der Waals surface area contributed by atoms with E-state index >= 15 is 0 Å². The molecule has 5 atom stereocenters. The van der Waals surface area contributed by atoms with Gasteiger partial charge in [-0.05, 0) is 49.4 Å². The zero-order valence-corrected chi connectivity index (χ0v) is 69.0. The molecule has 0 amide bonds. The summed E-state index contributed by atoms with van der Waals surface area (Å²) in [5, 5.41) is 10.6. The predicted molar refractivity (Wildman–Crippen MR) is 418 cm³/mol. The van der Waals surface area contributed by atoms with Crippen molar-refractivity contribution < 1.29 is 80.2 Å². The van der Waals surface area contributed by atoms with E-state index in [0.717, 1.165) is 114 Å². The number of phosphoric acid groups is 2. The lowest BCUT2D eigenvalue weighted by Gasteiger charge is -2.21. The average Bonchev–Trinajstić information content (AvgIpc) is 0.927. The third-order valence-electron chi connectivity index (χ3n) is 19.3. The summed E-state index contributed by atoms with van der Waals surface area (Å²) in [5.41, 5.74) is 0. The Morgan fingerprint density at radius 3 is 0.608 bits per heavy atom. The third-order valence-corrected chi connectivity index (χ3v) is 21.2. The highest BCUT2D eigenvalue weighted by atomic mass is 31.2. The SMILES string of the molecule is CC(C)CCCCCCCCCCCCCCCCCCCCC(=O)OC[C@H](COP(=O)(O)OC[C@@H](O)COP(=O)(O)OC[C@@H](COC(=O)CCCCCCCCC(C)C)OC(=O)CCCCCCCCCCC(C)C)OC(=O)CCCCCCCCCCCCCCCCCCCCC(C)C. The second-order valence-electron chi connectivity index (χ2n) is 31.8. The molecule has 606 valence electrons. The maximum absolute atomic E-state index is 13.1. The van der Waals surface area contributed by atoms with Gasteiger partial charge in [-0.25, -0.2) is 9.13 Å². The zero-order chi connectivity index (χ0) is 75.3. The van der Waals surface area contributed by atoms with Crippen LogP contribution >= 0.6 is 15.6 Å². The monoisotopic (exact) mass is 1490 g/mol. The summed E-state index contributed by atoms with van der Waals surface area (Å²) in [6, 6.07) is 0. The van der Waals surface area contributed by atoms with Crippen LogP contribution in [0.3, 0.4) is 0 Å². The maximum Gasteiger partial charge on any atom is 0.472 e. The molecule has 0 heterocycles. The Bertz CT molecular complexity index is 1990. The first-order valence-electron chi connectivity index (χ1n) is 42.7. The molecule has 0 aromatic rings. The first-order valence-corrected chi connectivity index (χ1v) is 45.7. The highest BCUT2D eigenvalue weighted by molar-refractivity contribution is 7.47. The smallest absolute Gasteiger partial charge is 0.462 e. The second-order valence-corrected chi connectivity index (χ2v) is 34.7. The molecule has 0 aliphatic carbocycles. The number of aliphatic hydroxyl groups is 1. The summed E-state index contributed by atoms with van der Waals surface area (Å²) < 4.78 is 68.7. The number of esters is 4. The fourth-order valence-electron chi connectivity index (χ4n) is 12.8. The van der Waals surface area contributed by atoms with Crippen molar-refractivity contribution in [2.24, 2.45) is 23.7 Å². The largest absolute Gasteiger partial charge is 0.472 e. The lowest BCUT2D eigenvalue weighted by atomic mass is 10.0. The average molecular weight is 1490 g/mol. The van der Waals surface area contributed by atoms with Crippen LogP contribution in [0.25, 0.3) is 0 Å². The van der Waals surface area contributed by atoms with Gasteiger partial charge in [0.05, 0.1) is 26.4 Å². The first-order chi connectivity index (χ1) is 49.1. The third kappa shape index (κ3) is 76.3. The van der Waals surface area contributed by atoms with Crippen molar-refractivity contribution in [3.8, 4) is 0 Å². The molecule has 0 aromatic carbocycles. The molecule has 0 saturated heterocycles. The summed E-state index contributed by atoms with van der Waals surface area (Å²) in [4.78, 5) is 73.0. The van der Waals surface area contributed by atoms with E-state index in [-0.39, 0.29) is 25.7 Å². The topological polar surface area (TPSA) is 237 Å². The molecule has 0 aromatic heterocycles. The van der Waals surface area contributed by atoms with Crippen molar-refractivity contribution in [1.82, 2.24) is 0 Å². The molecule has 0 aliphatic heterocycles. The van der Waals surface area contributed by atoms with E-state index in [1.807, 2.05) is 0 Å². The molecule has 0 spiro atoms. The summed E-state index contributed by atoms with van der Waals surface area (Å²) in [7, 11) is -9.92. The molecule has 0 bridgehead atoms. The molecule has 0 saturated carbocycles. The number of aliphatic hydroxyl groups excluding tert-OH is 1. The molecule has 19 heteroatoms. The van der Waals surface area contributed by atoms with E-state index in [1.165, 1.54) is 225 Å². The van der Waals surface area contributed by atoms with Crippen LogP contribution in [0.2, 0.25) is 0 Å². The zero-order valence-electron chi connectivity index (χ0n) is 67.2. The maximum atomic E-state index is 13.1. The molecule has 102 heavy (non-hydrogen) atoms. The standard InChI is InChI=1S/C83H162O17P2/c1-73(2)59-51-43-35-29-25-21-17-13-9-11-15-19-23-27-31-38-47-55-63-80(85)93-69-78(99-82(87)65-57-49-39-32-28-24-20-16-12-10-14-18-22-26-30-36-44-52-60-74(3)4)71-97-101(89,90)95-67-77(84)68-96-102(91,92)98-72-79(70-94-81(86)64-56-48-42-41-46-54-62-76(7)8)100-83(88)66-58-50-40-34-33-37-45-53-61-75(5)6/h73-79,84H,9-72H2,1-8H3,(H,89,90)(H,91,92)/t77-,78-,79-/m1/s1. The van der Waals surface area contributed by atoms with Crippen molar-refractivity contribution >= 4 is 39.5 Å². The minimum atomic E-state index is -4.96. The van der Waals surface area contributed by atoms with Gasteiger partial charge in [0.2, 0.25) is 0 Å². The number of unbranched alkanes of at least 4 members (excludes halogenated alkanes) is 46. The van der Waals surface area contributed by atoms with Gasteiger partial charge in [-0.1, -0.05) is 376 Å². The number of rotatable bonds is 80. The summed E-state index contributed by atoms with van der Waals surface area (Å²) >= 11 is 0. The number of carbonyl (C=O) groups excluding carboxylic acids is 4. The van der Waals surface area contributed by atoms with Gasteiger partial charge in [0, 0.05) is 25.7 Å². The van der Waals surface area contributed by atoms with Crippen LogP contribution in [-0.4, -0.2) is 96.7 Å². The van der Waals surface area contributed by atoms with Crippen molar-refractivity contribution in [2.45, 2.75) is 446 Å². The number of phosphoric ester groups is 2. The van der Waals surface area contributed by atoms with Crippen LogP contribution in [0.4, 0.5) is 0 Å². The van der Waals surface area contributed by atoms with Crippen LogP contribution < -0.4 is 0 Å². The van der Waals surface area contributed by atoms with E-state index < -0.39 is 97.5 Å². The minimum Gasteiger partial charge on any atom is -0.462 e. The van der Waals surface area contributed by atoms with E-state index in [1.54, 1.807) is 0 Å². The van der Waals surface area contributed by atoms with Gasteiger partial charge in [-0.2, -0.15) is 0 Å². The Labute approximate surface area is 626 Å². The lowest BCUT2D eigenvalue weighted by Crippen LogP contribution is -2.30. The van der Waals surface area contributed by atoms with Crippen LogP contribution in [-0.2, 0) is 65.4 Å². The number of hydrogen-bond acceptors (Lipinski definition) is 15. The molecule has 0 radical (unpaired) electrons. The van der Waals surface area contributed by atoms with Gasteiger partial charge in [0.15, 0.2) is 12.2 Å². The summed E-state index contributed by atoms with van der Waals surface area (Å²) in [6.07, 6.45) is 60.1. The Hall–Kier alpha value is -1.94. The minimum absolute atomic E-state index is 0.103. The van der Waals surface area contributed by atoms with E-state index in [0.29, 0.717) is 31.6 Å². The number of ether oxygens (including phenoxy) is 4. The molecule has 0 rings (SSSR count). The molecular formula is C83H162O17P2. The molecule has 17 nitrogen and oxygen atoms in total. The van der Waals surface area contributed by atoms with Gasteiger partial charge >= 0.3 is 39.5 Å². The first kappa shape index (κ1) is 100. The molecule has 3 N–H and O–H groups in total. The van der Waals surface area contributed by atoms with Crippen LogP contribution in [0, 0.1) is 23.7 Å². The van der Waals surface area contributed by atoms with Gasteiger partial charge in [0.1, 0.15) is 19.3 Å². The Balaban J connectivity index is 5.18. The van der Waals surface area contributed by atoms with Crippen molar-refractivity contribution in [3.63, 3.8) is 0 Å². The van der Waals surface area contributed by atoms with Crippen LogP contribution in [0.5, 0.6) is 0 Å². The van der Waals surface area contributed by atoms with Crippen molar-refractivity contribution in [1.29, 1.82) is 0 Å². The van der Waals surface area contributed by atoms with Crippen molar-refractivity contribution in [3.05, 3.63) is 0 Å². The van der Waals surface area contributed by atoms with Gasteiger partial charge in [0.25, 0.3) is 0 Å². The van der Waals surface area contributed by atoms with E-state index in [9.17, 15) is 43.2 Å². The summed E-state index contributed by atoms with van der Waals surface area (Å²) in [5.74, 6) is 0.924. The fourth-order valence-corrected chi connectivity index (χ4v) is 14.4.